The minimum absolute atomic E-state index is 0.687. The van der Waals surface area contributed by atoms with Crippen molar-refractivity contribution in [2.75, 3.05) is 13.1 Å². The molecule has 2 unspecified atom stereocenters. The van der Waals surface area contributed by atoms with Gasteiger partial charge in [0.1, 0.15) is 0 Å². The molecule has 2 atom stereocenters. The van der Waals surface area contributed by atoms with E-state index in [9.17, 15) is 0 Å². The molecule has 0 amide bonds. The summed E-state index contributed by atoms with van der Waals surface area (Å²) in [6.07, 6.45) is 2.52. The van der Waals surface area contributed by atoms with Gasteiger partial charge in [-0.25, -0.2) is 0 Å². The second kappa shape index (κ2) is 6.02. The summed E-state index contributed by atoms with van der Waals surface area (Å²) in [5, 5.41) is 7.17. The van der Waals surface area contributed by atoms with Gasteiger partial charge in [0.25, 0.3) is 0 Å². The lowest BCUT2D eigenvalue weighted by Crippen LogP contribution is -2.47. The lowest BCUT2D eigenvalue weighted by molar-refractivity contribution is 0.270. The molecule has 1 heterocycles. The van der Waals surface area contributed by atoms with Gasteiger partial charge < -0.3 is 10.6 Å². The van der Waals surface area contributed by atoms with E-state index in [-0.39, 0.29) is 0 Å². The minimum Gasteiger partial charge on any atom is -0.316 e. The molecule has 88 valence electrons. The average molecular weight is 218 g/mol. The molecule has 0 spiro atoms. The van der Waals surface area contributed by atoms with Crippen molar-refractivity contribution in [3.05, 3.63) is 35.9 Å². The molecule has 1 aromatic rings. The predicted molar refractivity (Wildman–Crippen MR) is 68.3 cm³/mol. The van der Waals surface area contributed by atoms with E-state index in [0.29, 0.717) is 6.04 Å². The predicted octanol–water partition coefficient (Wildman–Crippen LogP) is 2.16. The van der Waals surface area contributed by atoms with E-state index in [1.807, 2.05) is 0 Å². The second-order valence-corrected chi connectivity index (χ2v) is 4.63. The monoisotopic (exact) mass is 218 g/mol. The molecule has 2 nitrogen and oxygen atoms in total. The summed E-state index contributed by atoms with van der Waals surface area (Å²) >= 11 is 0. The molecule has 2 rings (SSSR count). The summed E-state index contributed by atoms with van der Waals surface area (Å²) in [6, 6.07) is 11.4. The van der Waals surface area contributed by atoms with Crippen molar-refractivity contribution in [1.29, 1.82) is 0 Å². The Kier molecular flexibility index (Phi) is 4.37. The topological polar surface area (TPSA) is 24.1 Å². The summed E-state index contributed by atoms with van der Waals surface area (Å²) in [5.74, 6) is 0.789. The Morgan fingerprint density at radius 1 is 1.31 bits per heavy atom. The Bertz CT molecular complexity index is 297. The van der Waals surface area contributed by atoms with E-state index in [2.05, 4.69) is 47.9 Å². The Morgan fingerprint density at radius 3 is 2.88 bits per heavy atom. The van der Waals surface area contributed by atoms with Crippen LogP contribution >= 0.6 is 0 Å². The number of piperidine rings is 1. The van der Waals surface area contributed by atoms with Crippen LogP contribution in [0, 0.1) is 5.92 Å². The molecule has 0 aliphatic carbocycles. The van der Waals surface area contributed by atoms with Crippen LogP contribution in [0.3, 0.4) is 0 Å². The van der Waals surface area contributed by atoms with Crippen molar-refractivity contribution in [1.82, 2.24) is 10.6 Å². The SMILES string of the molecule is CCC1CNCCC1NCc1ccccc1. The van der Waals surface area contributed by atoms with Crippen LogP contribution in [0.5, 0.6) is 0 Å². The maximum atomic E-state index is 3.70. The first-order valence-corrected chi connectivity index (χ1v) is 6.38. The number of hydrogen-bond acceptors (Lipinski definition) is 2. The summed E-state index contributed by atoms with van der Waals surface area (Å²) in [4.78, 5) is 0. The van der Waals surface area contributed by atoms with E-state index in [0.717, 1.165) is 19.0 Å². The van der Waals surface area contributed by atoms with Gasteiger partial charge in [-0.15, -0.1) is 0 Å². The van der Waals surface area contributed by atoms with Gasteiger partial charge in [-0.3, -0.25) is 0 Å². The summed E-state index contributed by atoms with van der Waals surface area (Å²) in [6.45, 7) is 5.61. The standard InChI is InChI=1S/C14H22N2/c1-2-13-11-15-9-8-14(13)16-10-12-6-4-3-5-7-12/h3-7,13-16H,2,8-11H2,1H3. The maximum Gasteiger partial charge on any atom is 0.0208 e. The highest BCUT2D eigenvalue weighted by Gasteiger charge is 2.22. The molecule has 2 heteroatoms. The zero-order valence-electron chi connectivity index (χ0n) is 10.1. The molecule has 2 N–H and O–H groups in total. The Labute approximate surface area is 98.4 Å². The molecular weight excluding hydrogens is 196 g/mol. The molecule has 1 saturated heterocycles. The molecule has 0 radical (unpaired) electrons. The first-order chi connectivity index (χ1) is 7.90. The highest BCUT2D eigenvalue weighted by molar-refractivity contribution is 5.14. The van der Waals surface area contributed by atoms with Crippen LogP contribution in [0.25, 0.3) is 0 Å². The number of benzene rings is 1. The molecule has 1 aliphatic rings. The van der Waals surface area contributed by atoms with Crippen molar-refractivity contribution in [3.8, 4) is 0 Å². The van der Waals surface area contributed by atoms with E-state index in [4.69, 9.17) is 0 Å². The fraction of sp³-hybridized carbons (Fsp3) is 0.571. The van der Waals surface area contributed by atoms with Crippen LogP contribution in [0.1, 0.15) is 25.3 Å². The van der Waals surface area contributed by atoms with E-state index < -0.39 is 0 Å². The molecule has 0 bridgehead atoms. The molecule has 0 saturated carbocycles. The van der Waals surface area contributed by atoms with Crippen LogP contribution in [0.4, 0.5) is 0 Å². The minimum atomic E-state index is 0.687. The Hall–Kier alpha value is -0.860. The number of hydrogen-bond donors (Lipinski definition) is 2. The molecule has 16 heavy (non-hydrogen) atoms. The third kappa shape index (κ3) is 3.06. The van der Waals surface area contributed by atoms with Gasteiger partial charge in [0.05, 0.1) is 0 Å². The van der Waals surface area contributed by atoms with Crippen molar-refractivity contribution < 1.29 is 0 Å². The van der Waals surface area contributed by atoms with Crippen molar-refractivity contribution >= 4 is 0 Å². The average Bonchev–Trinajstić information content (AvgIpc) is 2.38. The van der Waals surface area contributed by atoms with Gasteiger partial charge in [-0.1, -0.05) is 43.7 Å². The zero-order chi connectivity index (χ0) is 11.2. The van der Waals surface area contributed by atoms with Crippen molar-refractivity contribution in [2.45, 2.75) is 32.4 Å². The largest absolute Gasteiger partial charge is 0.316 e. The molecular formula is C14H22N2. The number of nitrogens with one attached hydrogen (secondary N) is 2. The van der Waals surface area contributed by atoms with Crippen LogP contribution in [-0.4, -0.2) is 19.1 Å². The van der Waals surface area contributed by atoms with Gasteiger partial charge in [0.2, 0.25) is 0 Å². The van der Waals surface area contributed by atoms with Crippen molar-refractivity contribution in [2.24, 2.45) is 5.92 Å². The Balaban J connectivity index is 1.84. The van der Waals surface area contributed by atoms with Gasteiger partial charge in [-0.05, 0) is 31.0 Å². The van der Waals surface area contributed by atoms with E-state index in [1.165, 1.54) is 24.9 Å². The summed E-state index contributed by atoms with van der Waals surface area (Å²) in [5.41, 5.74) is 1.39. The lowest BCUT2D eigenvalue weighted by atomic mass is 9.91. The van der Waals surface area contributed by atoms with Gasteiger partial charge in [0.15, 0.2) is 0 Å². The van der Waals surface area contributed by atoms with Crippen LogP contribution < -0.4 is 10.6 Å². The highest BCUT2D eigenvalue weighted by atomic mass is 15.0. The highest BCUT2D eigenvalue weighted by Crippen LogP contribution is 2.15. The number of rotatable bonds is 4. The third-order valence-electron chi connectivity index (χ3n) is 3.54. The van der Waals surface area contributed by atoms with Gasteiger partial charge >= 0.3 is 0 Å². The zero-order valence-corrected chi connectivity index (χ0v) is 10.1. The van der Waals surface area contributed by atoms with Gasteiger partial charge in [0, 0.05) is 12.6 Å². The quantitative estimate of drug-likeness (QED) is 0.809. The molecule has 0 aromatic heterocycles. The molecule has 1 aromatic carbocycles. The van der Waals surface area contributed by atoms with E-state index >= 15 is 0 Å². The summed E-state index contributed by atoms with van der Waals surface area (Å²) < 4.78 is 0. The molecule has 1 aliphatic heterocycles. The fourth-order valence-corrected chi connectivity index (χ4v) is 2.47. The van der Waals surface area contributed by atoms with Crippen LogP contribution in [0.2, 0.25) is 0 Å². The van der Waals surface area contributed by atoms with Crippen molar-refractivity contribution in [3.63, 3.8) is 0 Å². The smallest absolute Gasteiger partial charge is 0.0208 e. The van der Waals surface area contributed by atoms with Crippen LogP contribution in [-0.2, 0) is 6.54 Å². The molecule has 1 fully saturated rings. The second-order valence-electron chi connectivity index (χ2n) is 4.63. The fourth-order valence-electron chi connectivity index (χ4n) is 2.47. The van der Waals surface area contributed by atoms with Gasteiger partial charge in [-0.2, -0.15) is 0 Å². The summed E-state index contributed by atoms with van der Waals surface area (Å²) in [7, 11) is 0. The third-order valence-corrected chi connectivity index (χ3v) is 3.54. The lowest BCUT2D eigenvalue weighted by Gasteiger charge is -2.32. The Morgan fingerprint density at radius 2 is 2.12 bits per heavy atom. The van der Waals surface area contributed by atoms with E-state index in [1.54, 1.807) is 0 Å². The first-order valence-electron chi connectivity index (χ1n) is 6.38. The maximum absolute atomic E-state index is 3.70. The van der Waals surface area contributed by atoms with Crippen LogP contribution in [0.15, 0.2) is 30.3 Å². The normalized spacial score (nSPS) is 25.6. The first kappa shape index (κ1) is 11.6.